The van der Waals surface area contributed by atoms with Crippen LogP contribution in [0.5, 0.6) is 5.75 Å². The van der Waals surface area contributed by atoms with Crippen molar-refractivity contribution in [3.8, 4) is 5.75 Å². The summed E-state index contributed by atoms with van der Waals surface area (Å²) in [7, 11) is 1.61. The fourth-order valence-corrected chi connectivity index (χ4v) is 3.62. The van der Waals surface area contributed by atoms with E-state index in [1.807, 2.05) is 56.3 Å². The number of rotatable bonds is 6. The topological polar surface area (TPSA) is 80.8 Å². The minimum absolute atomic E-state index is 0.0477. The molecule has 160 valence electrons. The van der Waals surface area contributed by atoms with Crippen molar-refractivity contribution in [2.75, 3.05) is 20.2 Å². The number of likely N-dealkylation sites (tertiary alicyclic amines) is 1. The van der Waals surface area contributed by atoms with Crippen LogP contribution in [-0.2, 0) is 9.53 Å². The van der Waals surface area contributed by atoms with E-state index in [4.69, 9.17) is 9.47 Å². The summed E-state index contributed by atoms with van der Waals surface area (Å²) in [5.41, 5.74) is 1.60. The Morgan fingerprint density at radius 3 is 2.43 bits per heavy atom. The first-order valence-corrected chi connectivity index (χ1v) is 10.3. The van der Waals surface area contributed by atoms with E-state index in [9.17, 15) is 9.59 Å². The molecule has 0 saturated carbocycles. The van der Waals surface area contributed by atoms with Crippen molar-refractivity contribution in [3.63, 3.8) is 0 Å². The monoisotopic (exact) mass is 411 g/mol. The zero-order valence-electron chi connectivity index (χ0n) is 17.7. The summed E-state index contributed by atoms with van der Waals surface area (Å²) in [6.45, 7) is 4.67. The van der Waals surface area contributed by atoms with E-state index in [-0.39, 0.29) is 24.0 Å². The van der Waals surface area contributed by atoms with Crippen LogP contribution in [0.4, 0.5) is 4.79 Å². The number of para-hydroxylation sites is 1. The number of piperidine rings is 1. The number of nitrogens with one attached hydrogen (secondary N) is 1. The number of nitrogens with zero attached hydrogens (tertiary/aromatic N) is 2. The van der Waals surface area contributed by atoms with Gasteiger partial charge in [0.1, 0.15) is 5.75 Å². The van der Waals surface area contributed by atoms with Crippen molar-refractivity contribution in [1.29, 1.82) is 0 Å². The van der Waals surface area contributed by atoms with Gasteiger partial charge in [0.25, 0.3) is 0 Å². The number of methoxy groups -OCH3 is 1. The lowest BCUT2D eigenvalue weighted by Gasteiger charge is -2.32. The lowest BCUT2D eigenvalue weighted by atomic mass is 9.94. The van der Waals surface area contributed by atoms with Crippen LogP contribution >= 0.6 is 0 Å². The number of carbonyl (C=O) groups is 2. The minimum Gasteiger partial charge on any atom is -0.496 e. The maximum atomic E-state index is 13.1. The van der Waals surface area contributed by atoms with Crippen molar-refractivity contribution in [3.05, 3.63) is 59.9 Å². The van der Waals surface area contributed by atoms with Crippen LogP contribution in [0.2, 0.25) is 0 Å². The molecule has 1 aliphatic heterocycles. The predicted octanol–water partition coefficient (Wildman–Crippen LogP) is 3.55. The number of hydrogen-bond donors (Lipinski definition) is 1. The van der Waals surface area contributed by atoms with Gasteiger partial charge in [-0.2, -0.15) is 0 Å². The van der Waals surface area contributed by atoms with Gasteiger partial charge in [-0.05, 0) is 44.9 Å². The Kier molecular flexibility index (Phi) is 7.27. The van der Waals surface area contributed by atoms with E-state index in [1.165, 1.54) is 0 Å². The average molecular weight is 412 g/mol. The standard InChI is InChI=1S/C23H29N3O4/c1-16(2)30-23(28)26-14-11-17(12-15-26)22(27)25-21(19-9-6-7-13-24-19)18-8-4-5-10-20(18)29-3/h4-10,13,16-17,21H,11-12,14-15H2,1-3H3,(H,25,27). The maximum absolute atomic E-state index is 13.1. The van der Waals surface area contributed by atoms with Crippen LogP contribution in [0, 0.1) is 5.92 Å². The molecule has 1 aromatic heterocycles. The normalized spacial score (nSPS) is 15.5. The number of hydrogen-bond acceptors (Lipinski definition) is 5. The third kappa shape index (κ3) is 5.28. The number of ether oxygens (including phenoxy) is 2. The SMILES string of the molecule is COc1ccccc1C(NC(=O)C1CCN(C(=O)OC(C)C)CC1)c1ccccn1. The lowest BCUT2D eigenvalue weighted by molar-refractivity contribution is -0.127. The zero-order chi connectivity index (χ0) is 21.5. The Morgan fingerprint density at radius 2 is 1.80 bits per heavy atom. The van der Waals surface area contributed by atoms with Crippen LogP contribution in [-0.4, -0.2) is 48.2 Å². The van der Waals surface area contributed by atoms with Gasteiger partial charge >= 0.3 is 6.09 Å². The van der Waals surface area contributed by atoms with Gasteiger partial charge in [0.05, 0.1) is 24.9 Å². The first-order valence-electron chi connectivity index (χ1n) is 10.3. The minimum atomic E-state index is -0.418. The Labute approximate surface area is 177 Å². The number of pyridine rings is 1. The number of carbonyl (C=O) groups excluding carboxylic acids is 2. The molecule has 2 aromatic rings. The third-order valence-electron chi connectivity index (χ3n) is 5.18. The first-order chi connectivity index (χ1) is 14.5. The lowest BCUT2D eigenvalue weighted by Crippen LogP contribution is -2.44. The van der Waals surface area contributed by atoms with Gasteiger partial charge in [-0.15, -0.1) is 0 Å². The second-order valence-corrected chi connectivity index (χ2v) is 7.63. The summed E-state index contributed by atoms with van der Waals surface area (Å²) in [4.78, 5) is 31.3. The van der Waals surface area contributed by atoms with Crippen molar-refractivity contribution < 1.29 is 19.1 Å². The second-order valence-electron chi connectivity index (χ2n) is 7.63. The molecule has 1 saturated heterocycles. The smallest absolute Gasteiger partial charge is 0.410 e. The van der Waals surface area contributed by atoms with Crippen molar-refractivity contribution >= 4 is 12.0 Å². The van der Waals surface area contributed by atoms with Crippen molar-refractivity contribution in [1.82, 2.24) is 15.2 Å². The molecular formula is C23H29N3O4. The number of amides is 2. The largest absolute Gasteiger partial charge is 0.496 e. The molecule has 1 aliphatic rings. The Morgan fingerprint density at radius 1 is 1.10 bits per heavy atom. The van der Waals surface area contributed by atoms with Gasteiger partial charge in [0.2, 0.25) is 5.91 Å². The van der Waals surface area contributed by atoms with Crippen LogP contribution in [0.3, 0.4) is 0 Å². The van der Waals surface area contributed by atoms with E-state index in [1.54, 1.807) is 18.2 Å². The molecule has 1 N–H and O–H groups in total. The van der Waals surface area contributed by atoms with Gasteiger partial charge in [-0.25, -0.2) is 4.79 Å². The molecular weight excluding hydrogens is 382 g/mol. The van der Waals surface area contributed by atoms with Crippen LogP contribution in [0.25, 0.3) is 0 Å². The van der Waals surface area contributed by atoms with Crippen LogP contribution in [0.1, 0.15) is 44.0 Å². The van der Waals surface area contributed by atoms with Crippen LogP contribution in [0.15, 0.2) is 48.7 Å². The molecule has 30 heavy (non-hydrogen) atoms. The first kappa shape index (κ1) is 21.6. The van der Waals surface area contributed by atoms with Gasteiger partial charge < -0.3 is 19.7 Å². The molecule has 1 aromatic carbocycles. The van der Waals surface area contributed by atoms with E-state index in [2.05, 4.69) is 10.3 Å². The van der Waals surface area contributed by atoms with Gasteiger partial charge in [0, 0.05) is 30.8 Å². The highest BCUT2D eigenvalue weighted by atomic mass is 16.6. The average Bonchev–Trinajstić information content (AvgIpc) is 2.77. The van der Waals surface area contributed by atoms with Gasteiger partial charge in [-0.3, -0.25) is 9.78 Å². The van der Waals surface area contributed by atoms with E-state index in [0.717, 1.165) is 11.3 Å². The molecule has 0 spiro atoms. The third-order valence-corrected chi connectivity index (χ3v) is 5.18. The summed E-state index contributed by atoms with van der Waals surface area (Å²) in [6.07, 6.45) is 2.44. The molecule has 0 aliphatic carbocycles. The molecule has 1 fully saturated rings. The molecule has 2 heterocycles. The highest BCUT2D eigenvalue weighted by molar-refractivity contribution is 5.80. The van der Waals surface area contributed by atoms with Gasteiger partial charge in [0.15, 0.2) is 0 Å². The molecule has 0 bridgehead atoms. The van der Waals surface area contributed by atoms with Gasteiger partial charge in [-0.1, -0.05) is 24.3 Å². The van der Waals surface area contributed by atoms with E-state index >= 15 is 0 Å². The fourth-order valence-electron chi connectivity index (χ4n) is 3.62. The summed E-state index contributed by atoms with van der Waals surface area (Å²) >= 11 is 0. The quantitative estimate of drug-likeness (QED) is 0.786. The van der Waals surface area contributed by atoms with Crippen molar-refractivity contribution in [2.24, 2.45) is 5.92 Å². The van der Waals surface area contributed by atoms with Crippen molar-refractivity contribution in [2.45, 2.75) is 38.8 Å². The Hall–Kier alpha value is -3.09. The van der Waals surface area contributed by atoms with Crippen LogP contribution < -0.4 is 10.1 Å². The summed E-state index contributed by atoms with van der Waals surface area (Å²) in [5.74, 6) is 0.474. The molecule has 7 nitrogen and oxygen atoms in total. The summed E-state index contributed by atoms with van der Waals surface area (Å²) in [6, 6.07) is 12.8. The highest BCUT2D eigenvalue weighted by Crippen LogP contribution is 2.30. The Balaban J connectivity index is 1.71. The number of benzene rings is 1. The molecule has 7 heteroatoms. The molecule has 2 amide bonds. The maximum Gasteiger partial charge on any atom is 0.410 e. The zero-order valence-corrected chi connectivity index (χ0v) is 17.7. The molecule has 1 unspecified atom stereocenters. The molecule has 3 rings (SSSR count). The second kappa shape index (κ2) is 10.1. The van der Waals surface area contributed by atoms with E-state index in [0.29, 0.717) is 31.7 Å². The fraction of sp³-hybridized carbons (Fsp3) is 0.435. The molecule has 0 radical (unpaired) electrons. The predicted molar refractivity (Wildman–Crippen MR) is 113 cm³/mol. The molecule has 1 atom stereocenters. The Bertz CT molecular complexity index is 849. The summed E-state index contributed by atoms with van der Waals surface area (Å²) < 4.78 is 10.8. The number of aromatic nitrogens is 1. The highest BCUT2D eigenvalue weighted by Gasteiger charge is 2.31. The summed E-state index contributed by atoms with van der Waals surface area (Å²) in [5, 5.41) is 3.15. The van der Waals surface area contributed by atoms with E-state index < -0.39 is 6.04 Å².